The maximum atomic E-state index is 10.6. The molecule has 0 bridgehead atoms. The maximum absolute atomic E-state index is 10.6. The van der Waals surface area contributed by atoms with Crippen LogP contribution in [0.3, 0.4) is 0 Å². The lowest BCUT2D eigenvalue weighted by atomic mass is 9.97. The lowest BCUT2D eigenvalue weighted by Crippen LogP contribution is -2.36. The van der Waals surface area contributed by atoms with Crippen molar-refractivity contribution in [2.24, 2.45) is 5.92 Å². The number of nitrogens with zero attached hydrogens (tertiary/aromatic N) is 4. The van der Waals surface area contributed by atoms with Gasteiger partial charge in [0.2, 0.25) is 0 Å². The number of pyridine rings is 1. The molecule has 1 saturated heterocycles. The molecule has 3 aromatic rings. The molecule has 0 radical (unpaired) electrons. The van der Waals surface area contributed by atoms with Gasteiger partial charge in [-0.05, 0) is 56.3 Å². The Kier molecular flexibility index (Phi) is 7.67. The topological polar surface area (TPSA) is 89.2 Å². The zero-order valence-corrected chi connectivity index (χ0v) is 20.2. The average Bonchev–Trinajstić information content (AvgIpc) is 3.57. The largest absolute Gasteiger partial charge is 0.493 e. The second-order valence-corrected chi connectivity index (χ2v) is 9.08. The van der Waals surface area contributed by atoms with E-state index in [1.165, 1.54) is 38.8 Å². The second-order valence-electron chi connectivity index (χ2n) is 9.08. The van der Waals surface area contributed by atoms with E-state index in [0.717, 1.165) is 46.6 Å². The summed E-state index contributed by atoms with van der Waals surface area (Å²) in [5, 5.41) is 12.0. The summed E-state index contributed by atoms with van der Waals surface area (Å²) in [5.74, 6) is 1.04. The van der Waals surface area contributed by atoms with Crippen molar-refractivity contribution in [3.05, 3.63) is 42.4 Å². The van der Waals surface area contributed by atoms with Crippen LogP contribution >= 0.6 is 0 Å². The smallest absolute Gasteiger partial charge is 0.490 e. The number of fused-ring (bicyclic) bond motifs is 1. The fourth-order valence-electron chi connectivity index (χ4n) is 4.44. The summed E-state index contributed by atoms with van der Waals surface area (Å²) in [6.45, 7) is 3.56. The van der Waals surface area contributed by atoms with Crippen LogP contribution in [-0.2, 0) is 4.79 Å². The number of carboxylic acid groups (broad SMARTS) is 1. The number of aromatic nitrogens is 3. The Morgan fingerprint density at radius 2 is 1.89 bits per heavy atom. The molecule has 1 atom stereocenters. The third kappa shape index (κ3) is 6.07. The first kappa shape index (κ1) is 25.7. The summed E-state index contributed by atoms with van der Waals surface area (Å²) in [4.78, 5) is 16.4. The minimum absolute atomic E-state index is 0.428. The van der Waals surface area contributed by atoms with Gasteiger partial charge in [-0.2, -0.15) is 18.3 Å². The molecule has 5 rings (SSSR count). The van der Waals surface area contributed by atoms with E-state index in [9.17, 15) is 13.2 Å². The lowest BCUT2D eigenvalue weighted by molar-refractivity contribution is -0.192. The van der Waals surface area contributed by atoms with Crippen LogP contribution in [0.4, 0.5) is 13.2 Å². The minimum atomic E-state index is -5.08. The Balaban J connectivity index is 0.000000384. The van der Waals surface area contributed by atoms with Gasteiger partial charge in [0.1, 0.15) is 0 Å². The van der Waals surface area contributed by atoms with E-state index in [0.29, 0.717) is 5.92 Å². The third-order valence-corrected chi connectivity index (χ3v) is 6.39. The predicted octanol–water partition coefficient (Wildman–Crippen LogP) is 4.64. The monoisotopic (exact) mass is 506 g/mol. The molecular formula is C25H29F3N4O4. The first-order valence-corrected chi connectivity index (χ1v) is 11.8. The number of methoxy groups -OCH3 is 2. The Bertz CT molecular complexity index is 1210. The molecule has 0 spiro atoms. The van der Waals surface area contributed by atoms with Crippen LogP contribution < -0.4 is 9.47 Å². The number of piperidine rings is 1. The lowest BCUT2D eigenvalue weighted by Gasteiger charge is -2.31. The quantitative estimate of drug-likeness (QED) is 0.521. The zero-order chi connectivity index (χ0) is 25.9. The molecule has 2 aliphatic rings. The molecule has 11 heteroatoms. The summed E-state index contributed by atoms with van der Waals surface area (Å²) < 4.78 is 44.7. The summed E-state index contributed by atoms with van der Waals surface area (Å²) >= 11 is 0. The van der Waals surface area contributed by atoms with E-state index in [1.807, 2.05) is 35.0 Å². The molecule has 0 amide bonds. The zero-order valence-electron chi connectivity index (χ0n) is 20.2. The first-order valence-electron chi connectivity index (χ1n) is 11.8. The number of aliphatic carboxylic acids is 1. The van der Waals surface area contributed by atoms with E-state index in [2.05, 4.69) is 11.0 Å². The molecule has 1 aliphatic heterocycles. The maximum Gasteiger partial charge on any atom is 0.490 e. The molecule has 1 N–H and O–H groups in total. The van der Waals surface area contributed by atoms with Gasteiger partial charge < -0.3 is 19.5 Å². The van der Waals surface area contributed by atoms with Crippen LogP contribution in [0.5, 0.6) is 11.5 Å². The van der Waals surface area contributed by atoms with Crippen molar-refractivity contribution in [3.63, 3.8) is 0 Å². The Morgan fingerprint density at radius 1 is 1.14 bits per heavy atom. The number of rotatable bonds is 6. The minimum Gasteiger partial charge on any atom is -0.493 e. The van der Waals surface area contributed by atoms with Crippen molar-refractivity contribution in [2.75, 3.05) is 33.9 Å². The average molecular weight is 507 g/mol. The number of benzene rings is 1. The van der Waals surface area contributed by atoms with E-state index in [4.69, 9.17) is 29.5 Å². The number of alkyl halides is 3. The van der Waals surface area contributed by atoms with Crippen LogP contribution in [0, 0.1) is 5.92 Å². The molecular weight excluding hydrogens is 477 g/mol. The number of para-hydroxylation sites is 1. The van der Waals surface area contributed by atoms with Gasteiger partial charge in [-0.3, -0.25) is 0 Å². The highest BCUT2D eigenvalue weighted by Gasteiger charge is 2.38. The number of halogens is 3. The van der Waals surface area contributed by atoms with Crippen LogP contribution in [0.15, 0.2) is 36.5 Å². The van der Waals surface area contributed by atoms with Gasteiger partial charge in [0.15, 0.2) is 23.0 Å². The number of hydrogen-bond donors (Lipinski definition) is 1. The molecule has 194 valence electrons. The van der Waals surface area contributed by atoms with Crippen molar-refractivity contribution in [2.45, 2.75) is 37.8 Å². The molecule has 1 aromatic carbocycles. The van der Waals surface area contributed by atoms with E-state index >= 15 is 0 Å². The van der Waals surface area contributed by atoms with Crippen LogP contribution in [0.25, 0.3) is 16.8 Å². The van der Waals surface area contributed by atoms with Gasteiger partial charge in [-0.1, -0.05) is 12.1 Å². The Labute approximate surface area is 206 Å². The Morgan fingerprint density at radius 3 is 2.53 bits per heavy atom. The standard InChI is InChI=1S/C23H28N4O2.C2HF3O2/c1-28-20-7-3-6-19(22(20)29-2)17-10-11-21-24-23(25-27(21)15-17)18-5-4-12-26(14-18)13-16-8-9-16;3-2(4,5)1(6)7/h3,6-7,10-11,15-16,18H,4-5,8-9,12-14H2,1-2H3;(H,6,7). The summed E-state index contributed by atoms with van der Waals surface area (Å²) in [6, 6.07) is 10.0. The number of likely N-dealkylation sites (tertiary alicyclic amines) is 1. The summed E-state index contributed by atoms with van der Waals surface area (Å²) in [5.41, 5.74) is 2.91. The van der Waals surface area contributed by atoms with E-state index in [-0.39, 0.29) is 0 Å². The fourth-order valence-corrected chi connectivity index (χ4v) is 4.44. The van der Waals surface area contributed by atoms with Gasteiger partial charge in [-0.25, -0.2) is 14.3 Å². The second kappa shape index (κ2) is 10.7. The van der Waals surface area contributed by atoms with Gasteiger partial charge in [0.25, 0.3) is 0 Å². The highest BCUT2D eigenvalue weighted by Crippen LogP contribution is 2.38. The van der Waals surface area contributed by atoms with E-state index < -0.39 is 12.1 Å². The van der Waals surface area contributed by atoms with Gasteiger partial charge >= 0.3 is 12.1 Å². The fraction of sp³-hybridized carbons (Fsp3) is 0.480. The van der Waals surface area contributed by atoms with Crippen LogP contribution in [-0.4, -0.2) is 70.6 Å². The van der Waals surface area contributed by atoms with Crippen LogP contribution in [0.1, 0.15) is 37.4 Å². The Hall–Kier alpha value is -3.34. The molecule has 8 nitrogen and oxygen atoms in total. The van der Waals surface area contributed by atoms with Crippen molar-refractivity contribution in [1.82, 2.24) is 19.5 Å². The molecule has 1 unspecified atom stereocenters. The van der Waals surface area contributed by atoms with Crippen molar-refractivity contribution < 1.29 is 32.5 Å². The molecule has 36 heavy (non-hydrogen) atoms. The SMILES string of the molecule is COc1cccc(-c2ccc3nc(C4CCCN(CC5CC5)C4)nn3c2)c1OC.O=C(O)C(F)(F)F. The molecule has 2 fully saturated rings. The van der Waals surface area contributed by atoms with Gasteiger partial charge in [-0.15, -0.1) is 0 Å². The van der Waals surface area contributed by atoms with Crippen molar-refractivity contribution in [1.29, 1.82) is 0 Å². The van der Waals surface area contributed by atoms with Crippen molar-refractivity contribution in [3.8, 4) is 22.6 Å². The highest BCUT2D eigenvalue weighted by atomic mass is 19.4. The van der Waals surface area contributed by atoms with Gasteiger partial charge in [0, 0.05) is 36.3 Å². The number of hydrogen-bond acceptors (Lipinski definition) is 6. The summed E-state index contributed by atoms with van der Waals surface area (Å²) in [6.07, 6.45) is 2.18. The molecule has 1 saturated carbocycles. The first-order chi connectivity index (χ1) is 17.2. The normalized spacial score (nSPS) is 18.4. The van der Waals surface area contributed by atoms with E-state index in [1.54, 1.807) is 14.2 Å². The molecule has 3 heterocycles. The van der Waals surface area contributed by atoms with Crippen molar-refractivity contribution >= 4 is 11.6 Å². The number of carboxylic acids is 1. The predicted molar refractivity (Wildman–Crippen MR) is 126 cm³/mol. The summed E-state index contributed by atoms with van der Waals surface area (Å²) in [7, 11) is 3.33. The molecule has 2 aromatic heterocycles. The number of carbonyl (C=O) groups is 1. The third-order valence-electron chi connectivity index (χ3n) is 6.39. The number of ether oxygens (including phenoxy) is 2. The van der Waals surface area contributed by atoms with Crippen LogP contribution in [0.2, 0.25) is 0 Å². The van der Waals surface area contributed by atoms with Gasteiger partial charge in [0.05, 0.1) is 14.2 Å². The highest BCUT2D eigenvalue weighted by molar-refractivity contribution is 5.74. The molecule has 1 aliphatic carbocycles.